The molecule has 1 N–H and O–H groups in total. The first-order valence-electron chi connectivity index (χ1n) is 14.8. The summed E-state index contributed by atoms with van der Waals surface area (Å²) in [6.07, 6.45) is 1.41. The Kier molecular flexibility index (Phi) is 7.05. The highest BCUT2D eigenvalue weighted by atomic mass is 35.5. The lowest BCUT2D eigenvalue weighted by Gasteiger charge is -2.34. The molecule has 8 nitrogen and oxygen atoms in total. The fourth-order valence-electron chi connectivity index (χ4n) is 6.05. The SMILES string of the molecule is [2H][C@@]1(c2ccc(Cl)cc2F)Oc2c(cccc2C2CCN(Cc3nc4ccc(C(=O)O)nc4n3C[C@@H]3CCO3)CC2)C=C1F. The first-order chi connectivity index (χ1) is 21.2. The van der Waals surface area contributed by atoms with E-state index in [9.17, 15) is 14.3 Å². The minimum atomic E-state index is -2.36. The molecule has 43 heavy (non-hydrogen) atoms. The molecular weight excluding hydrogens is 578 g/mol. The van der Waals surface area contributed by atoms with Crippen LogP contribution in [0.5, 0.6) is 5.75 Å². The van der Waals surface area contributed by atoms with Crippen molar-refractivity contribution in [1.29, 1.82) is 0 Å². The van der Waals surface area contributed by atoms with Gasteiger partial charge in [-0.15, -0.1) is 0 Å². The van der Waals surface area contributed by atoms with Crippen molar-refractivity contribution in [3.8, 4) is 5.75 Å². The van der Waals surface area contributed by atoms with Crippen LogP contribution in [0, 0.1) is 5.82 Å². The number of pyridine rings is 1. The zero-order chi connectivity index (χ0) is 30.6. The van der Waals surface area contributed by atoms with E-state index in [0.717, 1.165) is 49.8 Å². The number of aromatic carboxylic acids is 1. The van der Waals surface area contributed by atoms with Crippen LogP contribution in [0.2, 0.25) is 5.02 Å². The Labute approximate surface area is 252 Å². The first kappa shape index (κ1) is 26.7. The second-order valence-electron chi connectivity index (χ2n) is 11.1. The number of nitrogens with zero attached hydrogens (tertiary/aromatic N) is 4. The summed E-state index contributed by atoms with van der Waals surface area (Å²) in [5, 5.41) is 9.62. The number of ether oxygens (including phenoxy) is 2. The third-order valence-electron chi connectivity index (χ3n) is 8.42. The molecule has 0 spiro atoms. The van der Waals surface area contributed by atoms with Crippen LogP contribution in [-0.4, -0.2) is 56.3 Å². The number of piperidine rings is 1. The average Bonchev–Trinajstić information content (AvgIpc) is 3.31. The number of likely N-dealkylation sites (tertiary alicyclic amines) is 1. The van der Waals surface area contributed by atoms with Gasteiger partial charge in [0.05, 0.1) is 20.6 Å². The summed E-state index contributed by atoms with van der Waals surface area (Å²) in [7, 11) is 0. The monoisotopic (exact) mass is 607 g/mol. The Morgan fingerprint density at radius 1 is 1.09 bits per heavy atom. The van der Waals surface area contributed by atoms with Crippen molar-refractivity contribution >= 4 is 34.8 Å². The van der Waals surface area contributed by atoms with Gasteiger partial charge in [-0.05, 0) is 74.2 Å². The van der Waals surface area contributed by atoms with E-state index in [1.54, 1.807) is 12.1 Å². The molecule has 2 aromatic heterocycles. The Bertz CT molecular complexity index is 1800. The van der Waals surface area contributed by atoms with Crippen molar-refractivity contribution in [2.75, 3.05) is 19.7 Å². The fourth-order valence-corrected chi connectivity index (χ4v) is 6.21. The molecule has 0 radical (unpaired) electrons. The van der Waals surface area contributed by atoms with Gasteiger partial charge in [-0.25, -0.2) is 23.5 Å². The molecular formula is C32H29ClF2N4O4. The van der Waals surface area contributed by atoms with Gasteiger partial charge in [-0.2, -0.15) is 0 Å². The highest BCUT2D eigenvalue weighted by Gasteiger charge is 2.32. The lowest BCUT2D eigenvalue weighted by molar-refractivity contribution is -0.0593. The molecule has 0 saturated carbocycles. The summed E-state index contributed by atoms with van der Waals surface area (Å²) in [5.74, 6) is -1.53. The number of carbonyl (C=O) groups is 1. The molecule has 4 aromatic rings. The van der Waals surface area contributed by atoms with Gasteiger partial charge < -0.3 is 19.1 Å². The largest absolute Gasteiger partial charge is 0.478 e. The van der Waals surface area contributed by atoms with E-state index in [1.807, 2.05) is 16.7 Å². The Morgan fingerprint density at radius 2 is 1.91 bits per heavy atom. The number of imidazole rings is 1. The number of fused-ring (bicyclic) bond motifs is 2. The number of halogens is 3. The topological polar surface area (TPSA) is 89.7 Å². The molecule has 11 heteroatoms. The second kappa shape index (κ2) is 11.3. The van der Waals surface area contributed by atoms with Crippen LogP contribution < -0.4 is 4.74 Å². The molecule has 0 amide bonds. The molecule has 0 aliphatic carbocycles. The summed E-state index contributed by atoms with van der Waals surface area (Å²) in [6, 6.07) is 12.4. The zero-order valence-corrected chi connectivity index (χ0v) is 23.9. The Morgan fingerprint density at radius 3 is 2.63 bits per heavy atom. The molecule has 0 unspecified atom stereocenters. The molecule has 3 aliphatic heterocycles. The van der Waals surface area contributed by atoms with Crippen molar-refractivity contribution in [1.82, 2.24) is 19.4 Å². The smallest absolute Gasteiger partial charge is 0.354 e. The third-order valence-corrected chi connectivity index (χ3v) is 8.65. The predicted octanol–water partition coefficient (Wildman–Crippen LogP) is 6.53. The van der Waals surface area contributed by atoms with Crippen LogP contribution in [0.3, 0.4) is 0 Å². The maximum Gasteiger partial charge on any atom is 0.354 e. The Balaban J connectivity index is 1.11. The molecule has 7 rings (SSSR count). The van der Waals surface area contributed by atoms with Crippen LogP contribution in [0.4, 0.5) is 8.78 Å². The predicted molar refractivity (Wildman–Crippen MR) is 156 cm³/mol. The molecule has 0 bridgehead atoms. The van der Waals surface area contributed by atoms with Gasteiger partial charge in [-0.3, -0.25) is 4.90 Å². The van der Waals surface area contributed by atoms with Crippen molar-refractivity contribution in [3.05, 3.63) is 93.4 Å². The van der Waals surface area contributed by atoms with Gasteiger partial charge >= 0.3 is 5.97 Å². The molecule has 2 atom stereocenters. The van der Waals surface area contributed by atoms with E-state index in [-0.39, 0.29) is 28.3 Å². The van der Waals surface area contributed by atoms with E-state index >= 15 is 4.39 Å². The minimum absolute atomic E-state index is 0.0285. The number of carboxylic acid groups (broad SMARTS) is 1. The summed E-state index contributed by atoms with van der Waals surface area (Å²) >= 11 is 5.90. The lowest BCUT2D eigenvalue weighted by Crippen LogP contribution is -2.35. The average molecular weight is 608 g/mol. The highest BCUT2D eigenvalue weighted by Crippen LogP contribution is 2.45. The molecule has 2 saturated heterocycles. The van der Waals surface area contributed by atoms with Gasteiger partial charge in [0, 0.05) is 22.8 Å². The van der Waals surface area contributed by atoms with Gasteiger partial charge in [0.1, 0.15) is 28.7 Å². The van der Waals surface area contributed by atoms with Crippen LogP contribution in [-0.2, 0) is 17.8 Å². The van der Waals surface area contributed by atoms with Crippen LogP contribution >= 0.6 is 11.6 Å². The molecule has 2 aromatic carbocycles. The normalized spacial score (nSPS) is 22.8. The standard InChI is InChI=1S/C32H29ClF2N4O4/c33-20-4-5-23(24(34)15-20)30-25(35)14-19-2-1-3-22(29(19)43-30)18-8-11-38(12-9-18)17-28-36-26-6-7-27(32(40)41)37-31(26)39(28)16-21-10-13-42-21/h1-7,14-15,18,21,30H,8-13,16-17H2,(H,40,41)/t21-,30-/m0/s1/i30D. The van der Waals surface area contributed by atoms with Crippen molar-refractivity contribution in [2.45, 2.75) is 50.5 Å². The zero-order valence-electron chi connectivity index (χ0n) is 24.1. The van der Waals surface area contributed by atoms with Crippen molar-refractivity contribution < 1.29 is 29.5 Å². The molecule has 2 fully saturated rings. The van der Waals surface area contributed by atoms with Crippen LogP contribution in [0.1, 0.15) is 65.6 Å². The van der Waals surface area contributed by atoms with Crippen molar-refractivity contribution in [2.24, 2.45) is 0 Å². The van der Waals surface area contributed by atoms with E-state index in [2.05, 4.69) is 9.88 Å². The molecule has 222 valence electrons. The second-order valence-corrected chi connectivity index (χ2v) is 11.6. The summed E-state index contributed by atoms with van der Waals surface area (Å²) in [5.41, 5.74) is 2.28. The number of hydrogen-bond acceptors (Lipinski definition) is 6. The van der Waals surface area contributed by atoms with Gasteiger partial charge in [0.15, 0.2) is 17.4 Å². The number of rotatable bonds is 7. The van der Waals surface area contributed by atoms with E-state index in [4.69, 9.17) is 27.4 Å². The summed E-state index contributed by atoms with van der Waals surface area (Å²) in [4.78, 5) is 23.0. The number of aromatic nitrogens is 3. The van der Waals surface area contributed by atoms with Crippen molar-refractivity contribution in [3.63, 3.8) is 0 Å². The van der Waals surface area contributed by atoms with Gasteiger partial charge in [-0.1, -0.05) is 35.9 Å². The van der Waals surface area contributed by atoms with E-state index in [0.29, 0.717) is 42.2 Å². The van der Waals surface area contributed by atoms with Crippen LogP contribution in [0.15, 0.2) is 54.4 Å². The summed E-state index contributed by atoms with van der Waals surface area (Å²) in [6.45, 7) is 3.31. The fraction of sp³-hybridized carbons (Fsp3) is 0.344. The number of para-hydroxylation sites is 1. The van der Waals surface area contributed by atoms with Crippen LogP contribution in [0.25, 0.3) is 17.2 Å². The van der Waals surface area contributed by atoms with Gasteiger partial charge in [0.2, 0.25) is 0 Å². The van der Waals surface area contributed by atoms with E-state index in [1.165, 1.54) is 24.3 Å². The maximum atomic E-state index is 15.3. The maximum absolute atomic E-state index is 15.3. The van der Waals surface area contributed by atoms with Gasteiger partial charge in [0.25, 0.3) is 0 Å². The molecule has 3 aliphatic rings. The number of carboxylic acids is 1. The third kappa shape index (κ3) is 5.39. The quantitative estimate of drug-likeness (QED) is 0.255. The van der Waals surface area contributed by atoms with E-state index < -0.39 is 23.7 Å². The number of hydrogen-bond donors (Lipinski definition) is 1. The first-order valence-corrected chi connectivity index (χ1v) is 14.7. The minimum Gasteiger partial charge on any atom is -0.478 e. The highest BCUT2D eigenvalue weighted by molar-refractivity contribution is 6.30. The molecule has 5 heterocycles. The Hall–Kier alpha value is -3.86. The number of benzene rings is 2. The summed E-state index contributed by atoms with van der Waals surface area (Å²) < 4.78 is 52.6. The lowest BCUT2D eigenvalue weighted by atomic mass is 9.87.